The van der Waals surface area contributed by atoms with Crippen molar-refractivity contribution in [2.24, 2.45) is 10.7 Å². The number of alkyl halides is 5. The van der Waals surface area contributed by atoms with Gasteiger partial charge in [0.2, 0.25) is 0 Å². The molecule has 0 saturated carbocycles. The van der Waals surface area contributed by atoms with Gasteiger partial charge in [0, 0.05) is 12.4 Å². The van der Waals surface area contributed by atoms with Gasteiger partial charge in [-0.05, 0) is 12.1 Å². The summed E-state index contributed by atoms with van der Waals surface area (Å²) in [5.41, 5.74) is 5.48. The van der Waals surface area contributed by atoms with Gasteiger partial charge in [-0.1, -0.05) is 12.1 Å². The van der Waals surface area contributed by atoms with Crippen LogP contribution in [0.3, 0.4) is 0 Å². The summed E-state index contributed by atoms with van der Waals surface area (Å²) >= 11 is 0. The van der Waals surface area contributed by atoms with Gasteiger partial charge >= 0.3 is 12.9 Å². The van der Waals surface area contributed by atoms with Crippen LogP contribution in [0.5, 0.6) is 5.75 Å². The quantitative estimate of drug-likeness (QED) is 0.298. The van der Waals surface area contributed by atoms with Gasteiger partial charge in [0.05, 0.1) is 5.69 Å². The summed E-state index contributed by atoms with van der Waals surface area (Å²) in [6, 6.07) is 5.19. The molecule has 3 N–H and O–H groups in total. The highest BCUT2D eigenvalue weighted by atomic mass is 127. The fraction of sp³-hybridized carbons (Fsp3) is 0.231. The highest BCUT2D eigenvalue weighted by Crippen LogP contribution is 2.29. The van der Waals surface area contributed by atoms with E-state index in [0.717, 1.165) is 12.3 Å². The van der Waals surface area contributed by atoms with Crippen molar-refractivity contribution in [3.63, 3.8) is 0 Å². The van der Waals surface area contributed by atoms with Crippen LogP contribution in [0.4, 0.5) is 27.6 Å². The maximum absolute atomic E-state index is 12.6. The van der Waals surface area contributed by atoms with E-state index in [1.165, 1.54) is 24.4 Å². The van der Waals surface area contributed by atoms with Crippen molar-refractivity contribution in [1.29, 1.82) is 0 Å². The van der Waals surface area contributed by atoms with E-state index in [-0.39, 0.29) is 48.0 Å². The number of guanidine groups is 1. The summed E-state index contributed by atoms with van der Waals surface area (Å²) < 4.78 is 66.7. The van der Waals surface area contributed by atoms with Gasteiger partial charge < -0.3 is 15.8 Å². The first-order chi connectivity index (χ1) is 11.3. The summed E-state index contributed by atoms with van der Waals surface area (Å²) in [5, 5.41) is 2.42. The molecule has 0 atom stereocenters. The number of aromatic nitrogens is 2. The molecule has 0 spiro atoms. The monoisotopic (exact) mass is 477 g/mol. The molecule has 0 fully saturated rings. The van der Waals surface area contributed by atoms with E-state index in [1.54, 1.807) is 0 Å². The van der Waals surface area contributed by atoms with Crippen LogP contribution < -0.4 is 15.8 Å². The SMILES string of the molecule is I.NC(=NCc1nccn1C(F)F)Nc1ccccc1OC(F)(F)F. The molecule has 2 aromatic rings. The Balaban J connectivity index is 0.00000312. The molecule has 0 aliphatic rings. The minimum atomic E-state index is -4.87. The van der Waals surface area contributed by atoms with Crippen LogP contribution >= 0.6 is 24.0 Å². The number of para-hydroxylation sites is 2. The van der Waals surface area contributed by atoms with Crippen molar-refractivity contribution in [3.05, 3.63) is 42.5 Å². The lowest BCUT2D eigenvalue weighted by molar-refractivity contribution is -0.274. The summed E-state index contributed by atoms with van der Waals surface area (Å²) in [4.78, 5) is 7.47. The molecule has 1 aromatic heterocycles. The number of hydrogen-bond donors (Lipinski definition) is 2. The topological polar surface area (TPSA) is 77.5 Å². The molecule has 6 nitrogen and oxygen atoms in total. The van der Waals surface area contributed by atoms with Crippen LogP contribution in [-0.2, 0) is 6.54 Å². The van der Waals surface area contributed by atoms with E-state index in [1.807, 2.05) is 0 Å². The van der Waals surface area contributed by atoms with Crippen LogP contribution in [0.15, 0.2) is 41.7 Å². The van der Waals surface area contributed by atoms with Crippen molar-refractivity contribution in [1.82, 2.24) is 9.55 Å². The first-order valence-corrected chi connectivity index (χ1v) is 6.48. The smallest absolute Gasteiger partial charge is 0.404 e. The number of ether oxygens (including phenoxy) is 1. The van der Waals surface area contributed by atoms with Crippen LogP contribution in [0, 0.1) is 0 Å². The molecule has 2 rings (SSSR count). The minimum Gasteiger partial charge on any atom is -0.404 e. The Kier molecular flexibility index (Phi) is 7.38. The van der Waals surface area contributed by atoms with Gasteiger partial charge in [0.25, 0.3) is 0 Å². The maximum Gasteiger partial charge on any atom is 0.573 e. The number of nitrogens with zero attached hydrogens (tertiary/aromatic N) is 3. The Morgan fingerprint density at radius 1 is 1.32 bits per heavy atom. The Morgan fingerprint density at radius 2 is 2.00 bits per heavy atom. The maximum atomic E-state index is 12.6. The largest absolute Gasteiger partial charge is 0.573 e. The van der Waals surface area contributed by atoms with E-state index < -0.39 is 18.7 Å². The average molecular weight is 477 g/mol. The molecule has 0 unspecified atom stereocenters. The lowest BCUT2D eigenvalue weighted by Gasteiger charge is -2.14. The van der Waals surface area contributed by atoms with Crippen LogP contribution in [-0.4, -0.2) is 21.9 Å². The van der Waals surface area contributed by atoms with E-state index >= 15 is 0 Å². The fourth-order valence-corrected chi connectivity index (χ4v) is 1.76. The van der Waals surface area contributed by atoms with Crippen LogP contribution in [0.2, 0.25) is 0 Å². The third-order valence-electron chi connectivity index (χ3n) is 2.73. The van der Waals surface area contributed by atoms with E-state index in [4.69, 9.17) is 5.73 Å². The molecule has 0 bridgehead atoms. The molecule has 0 amide bonds. The van der Waals surface area contributed by atoms with Gasteiger partial charge in [-0.2, -0.15) is 8.78 Å². The zero-order valence-electron chi connectivity index (χ0n) is 12.4. The number of imidazole rings is 1. The number of nitrogens with one attached hydrogen (secondary N) is 1. The van der Waals surface area contributed by atoms with Gasteiger partial charge in [0.15, 0.2) is 11.7 Å². The Bertz CT molecular complexity index is 719. The molecule has 25 heavy (non-hydrogen) atoms. The van der Waals surface area contributed by atoms with Crippen molar-refractivity contribution in [3.8, 4) is 5.75 Å². The number of nitrogens with two attached hydrogens (primary N) is 1. The van der Waals surface area contributed by atoms with E-state index in [2.05, 4.69) is 20.0 Å². The number of hydrogen-bond acceptors (Lipinski definition) is 3. The Labute approximate surface area is 155 Å². The fourth-order valence-electron chi connectivity index (χ4n) is 1.76. The standard InChI is InChI=1S/C13H12F5N5O.HI/c14-11(15)23-6-5-20-10(23)7-21-12(19)22-8-3-1-2-4-9(8)24-13(16,17)18;/h1-6,11H,7H2,(H3,19,21,22);1H. The lowest BCUT2D eigenvalue weighted by atomic mass is 10.3. The molecule has 0 radical (unpaired) electrons. The molecule has 1 heterocycles. The molecule has 12 heteroatoms. The van der Waals surface area contributed by atoms with Crippen molar-refractivity contribution < 1.29 is 26.7 Å². The zero-order chi connectivity index (χ0) is 17.7. The molecular formula is C13H13F5IN5O. The van der Waals surface area contributed by atoms with Crippen LogP contribution in [0.25, 0.3) is 0 Å². The molecule has 0 aliphatic carbocycles. The highest BCUT2D eigenvalue weighted by Gasteiger charge is 2.32. The van der Waals surface area contributed by atoms with Gasteiger partial charge in [-0.25, -0.2) is 9.98 Å². The number of benzene rings is 1. The molecular weight excluding hydrogens is 464 g/mol. The third-order valence-corrected chi connectivity index (χ3v) is 2.73. The normalized spacial score (nSPS) is 12.0. The molecule has 138 valence electrons. The first-order valence-electron chi connectivity index (χ1n) is 6.48. The van der Waals surface area contributed by atoms with Crippen molar-refractivity contribution in [2.75, 3.05) is 5.32 Å². The molecule has 1 aromatic carbocycles. The number of halogens is 6. The Hall–Kier alpha value is -2.12. The van der Waals surface area contributed by atoms with Gasteiger partial charge in [-0.3, -0.25) is 4.57 Å². The number of anilines is 1. The second-order valence-electron chi connectivity index (χ2n) is 4.40. The summed E-state index contributed by atoms with van der Waals surface area (Å²) in [5.74, 6) is -0.830. The summed E-state index contributed by atoms with van der Waals surface area (Å²) in [7, 11) is 0. The number of aliphatic imine (C=N–C) groups is 1. The van der Waals surface area contributed by atoms with Crippen molar-refractivity contribution >= 4 is 35.6 Å². The van der Waals surface area contributed by atoms with Crippen molar-refractivity contribution in [2.45, 2.75) is 19.5 Å². The van der Waals surface area contributed by atoms with Crippen LogP contribution in [0.1, 0.15) is 12.4 Å². The van der Waals surface area contributed by atoms with Gasteiger partial charge in [-0.15, -0.1) is 37.1 Å². The number of rotatable bonds is 5. The zero-order valence-corrected chi connectivity index (χ0v) is 14.7. The van der Waals surface area contributed by atoms with Gasteiger partial charge in [0.1, 0.15) is 12.4 Å². The lowest BCUT2D eigenvalue weighted by Crippen LogP contribution is -2.24. The molecule has 0 saturated heterocycles. The molecule has 0 aliphatic heterocycles. The second-order valence-corrected chi connectivity index (χ2v) is 4.40. The first kappa shape index (κ1) is 20.9. The summed E-state index contributed by atoms with van der Waals surface area (Å²) in [6.07, 6.45) is -2.62. The minimum absolute atomic E-state index is 0. The van der Waals surface area contributed by atoms with E-state index in [0.29, 0.717) is 4.57 Å². The predicted molar refractivity (Wildman–Crippen MR) is 91.0 cm³/mol. The average Bonchev–Trinajstić information content (AvgIpc) is 2.94. The highest BCUT2D eigenvalue weighted by molar-refractivity contribution is 14.0. The predicted octanol–water partition coefficient (Wildman–Crippen LogP) is 3.72. The Morgan fingerprint density at radius 3 is 2.64 bits per heavy atom. The summed E-state index contributed by atoms with van der Waals surface area (Å²) in [6.45, 7) is -3.06. The second kappa shape index (κ2) is 8.82. The van der Waals surface area contributed by atoms with E-state index in [9.17, 15) is 22.0 Å². The third kappa shape index (κ3) is 6.36.